The molecule has 0 saturated heterocycles. The van der Waals surface area contributed by atoms with Crippen LogP contribution >= 0.6 is 0 Å². The molecule has 5 nitrogen and oxygen atoms in total. The topological polar surface area (TPSA) is 63.0 Å². The van der Waals surface area contributed by atoms with Crippen molar-refractivity contribution in [3.8, 4) is 22.3 Å². The van der Waals surface area contributed by atoms with Gasteiger partial charge in [-0.05, 0) is 68.1 Å². The molecule has 0 fully saturated rings. The van der Waals surface area contributed by atoms with Crippen molar-refractivity contribution in [2.45, 2.75) is 6.17 Å². The number of hydrogen-bond acceptors (Lipinski definition) is 5. The second-order valence-corrected chi connectivity index (χ2v) is 14.8. The second kappa shape index (κ2) is 12.9. The first-order chi connectivity index (χ1) is 28.8. The number of nitrogens with one attached hydrogen (secondary N) is 1. The number of para-hydroxylation sites is 2. The third kappa shape index (κ3) is 5.03. The summed E-state index contributed by atoms with van der Waals surface area (Å²) in [6.45, 7) is 0. The van der Waals surface area contributed by atoms with Crippen molar-refractivity contribution >= 4 is 77.1 Å². The summed E-state index contributed by atoms with van der Waals surface area (Å²) >= 11 is 0. The summed E-state index contributed by atoms with van der Waals surface area (Å²) in [6.07, 6.45) is -0.353. The molecular formula is C53H33N3O2. The quantitative estimate of drug-likeness (QED) is 0.191. The fourth-order valence-corrected chi connectivity index (χ4v) is 8.95. The Morgan fingerprint density at radius 3 is 1.76 bits per heavy atom. The summed E-state index contributed by atoms with van der Waals surface area (Å²) in [4.78, 5) is 10.6. The third-order valence-electron chi connectivity index (χ3n) is 11.6. The molecule has 0 saturated carbocycles. The molecule has 9 aromatic carbocycles. The van der Waals surface area contributed by atoms with E-state index in [0.717, 1.165) is 99.4 Å². The summed E-state index contributed by atoms with van der Waals surface area (Å²) < 4.78 is 13.1. The van der Waals surface area contributed by atoms with E-state index in [2.05, 4.69) is 151 Å². The van der Waals surface area contributed by atoms with Gasteiger partial charge >= 0.3 is 0 Å². The number of aliphatic imine (C=N–C) groups is 2. The van der Waals surface area contributed by atoms with Crippen LogP contribution in [-0.2, 0) is 0 Å². The minimum absolute atomic E-state index is 0.353. The van der Waals surface area contributed by atoms with Gasteiger partial charge in [0.1, 0.15) is 34.3 Å². The van der Waals surface area contributed by atoms with Crippen LogP contribution in [0.25, 0.3) is 87.7 Å². The van der Waals surface area contributed by atoms with Gasteiger partial charge in [0.15, 0.2) is 5.84 Å². The van der Waals surface area contributed by atoms with E-state index in [4.69, 9.17) is 18.8 Å². The molecule has 0 spiro atoms. The van der Waals surface area contributed by atoms with Gasteiger partial charge in [-0.1, -0.05) is 164 Å². The molecule has 0 amide bonds. The van der Waals surface area contributed by atoms with Crippen molar-refractivity contribution in [2.24, 2.45) is 9.98 Å². The molecule has 5 heteroatoms. The van der Waals surface area contributed by atoms with Crippen molar-refractivity contribution in [3.05, 3.63) is 205 Å². The van der Waals surface area contributed by atoms with E-state index in [1.807, 2.05) is 42.5 Å². The molecular weight excluding hydrogens is 711 g/mol. The average molecular weight is 744 g/mol. The van der Waals surface area contributed by atoms with Gasteiger partial charge < -0.3 is 14.2 Å². The lowest BCUT2D eigenvalue weighted by Crippen LogP contribution is -2.33. The van der Waals surface area contributed by atoms with Crippen LogP contribution in [0.2, 0.25) is 0 Å². The minimum Gasteiger partial charge on any atom is -0.456 e. The third-order valence-corrected chi connectivity index (χ3v) is 11.6. The molecule has 3 heterocycles. The van der Waals surface area contributed by atoms with Crippen LogP contribution in [0.5, 0.6) is 0 Å². The molecule has 1 unspecified atom stereocenters. The summed E-state index contributed by atoms with van der Waals surface area (Å²) in [5.41, 5.74) is 10.9. The van der Waals surface area contributed by atoms with E-state index < -0.39 is 0 Å². The van der Waals surface area contributed by atoms with E-state index in [-0.39, 0.29) is 6.17 Å². The van der Waals surface area contributed by atoms with Crippen molar-refractivity contribution in [3.63, 3.8) is 0 Å². The lowest BCUT2D eigenvalue weighted by molar-refractivity contribution is 0.668. The Bertz CT molecular complexity index is 3500. The molecule has 1 atom stereocenters. The van der Waals surface area contributed by atoms with E-state index in [0.29, 0.717) is 5.84 Å². The number of nitrogens with zero attached hydrogens (tertiary/aromatic N) is 2. The first-order valence-electron chi connectivity index (χ1n) is 19.6. The highest BCUT2D eigenvalue weighted by molar-refractivity contribution is 6.25. The smallest absolute Gasteiger partial charge is 0.160 e. The van der Waals surface area contributed by atoms with Gasteiger partial charge in [-0.3, -0.25) is 0 Å². The highest BCUT2D eigenvalue weighted by Gasteiger charge is 2.25. The Morgan fingerprint density at radius 1 is 0.379 bits per heavy atom. The largest absolute Gasteiger partial charge is 0.456 e. The number of furan rings is 2. The van der Waals surface area contributed by atoms with Crippen molar-refractivity contribution < 1.29 is 8.83 Å². The highest BCUT2D eigenvalue weighted by Crippen LogP contribution is 2.45. The van der Waals surface area contributed by atoms with Gasteiger partial charge in [0.25, 0.3) is 0 Å². The fourth-order valence-electron chi connectivity index (χ4n) is 8.95. The fraction of sp³-hybridized carbons (Fsp3) is 0.0189. The predicted octanol–water partition coefficient (Wildman–Crippen LogP) is 13.6. The normalized spacial score (nSPS) is 14.4. The summed E-state index contributed by atoms with van der Waals surface area (Å²) in [7, 11) is 0. The maximum Gasteiger partial charge on any atom is 0.160 e. The first kappa shape index (κ1) is 32.5. The number of rotatable bonds is 5. The van der Waals surface area contributed by atoms with Gasteiger partial charge in [0.2, 0.25) is 0 Å². The zero-order valence-corrected chi connectivity index (χ0v) is 31.2. The first-order valence-corrected chi connectivity index (χ1v) is 19.6. The Labute approximate surface area is 333 Å². The summed E-state index contributed by atoms with van der Waals surface area (Å²) in [6, 6.07) is 65.6. The Balaban J connectivity index is 1.06. The van der Waals surface area contributed by atoms with Gasteiger partial charge in [-0.2, -0.15) is 0 Å². The molecule has 272 valence electrons. The lowest BCUT2D eigenvalue weighted by Gasteiger charge is -2.24. The molecule has 0 aliphatic carbocycles. The summed E-state index contributed by atoms with van der Waals surface area (Å²) in [5.74, 6) is 1.42. The van der Waals surface area contributed by atoms with Crippen LogP contribution in [0.4, 0.5) is 0 Å². The highest BCUT2D eigenvalue weighted by atomic mass is 16.3. The van der Waals surface area contributed by atoms with E-state index in [9.17, 15) is 0 Å². The standard InChI is InChI=1S/C53H33N3O2/c1-2-15-33(16-3-1)51-54-52(56-53(55-51)44-26-13-29-47-48(44)42-19-6-8-27-45(42)57-47)41-25-12-22-36-37(23-11-24-38(36)41)39-30-31-40(35-21-10-17-32-14-4-5-18-34(32)35)50-49(39)43-20-7-9-28-46(43)58-50/h1-31,51H,(H,54,55,56). The van der Waals surface area contributed by atoms with Crippen molar-refractivity contribution in [1.29, 1.82) is 0 Å². The maximum atomic E-state index is 6.79. The predicted molar refractivity (Wildman–Crippen MR) is 239 cm³/mol. The second-order valence-electron chi connectivity index (χ2n) is 14.8. The van der Waals surface area contributed by atoms with E-state index in [1.165, 1.54) is 10.8 Å². The van der Waals surface area contributed by atoms with E-state index >= 15 is 0 Å². The molecule has 0 bridgehead atoms. The molecule has 12 rings (SSSR count). The van der Waals surface area contributed by atoms with Crippen LogP contribution in [0, 0.1) is 0 Å². The molecule has 58 heavy (non-hydrogen) atoms. The number of fused-ring (bicyclic) bond motifs is 8. The van der Waals surface area contributed by atoms with Gasteiger partial charge in [0, 0.05) is 38.2 Å². The average Bonchev–Trinajstić information content (AvgIpc) is 3.88. The lowest BCUT2D eigenvalue weighted by atomic mass is 9.89. The van der Waals surface area contributed by atoms with Gasteiger partial charge in [-0.15, -0.1) is 0 Å². The van der Waals surface area contributed by atoms with Gasteiger partial charge in [0.05, 0.1) is 0 Å². The zero-order valence-electron chi connectivity index (χ0n) is 31.2. The van der Waals surface area contributed by atoms with Crippen LogP contribution in [0.1, 0.15) is 22.9 Å². The molecule has 11 aromatic rings. The number of amidine groups is 2. The van der Waals surface area contributed by atoms with Crippen LogP contribution in [0.3, 0.4) is 0 Å². The van der Waals surface area contributed by atoms with Crippen molar-refractivity contribution in [1.82, 2.24) is 5.32 Å². The van der Waals surface area contributed by atoms with Crippen molar-refractivity contribution in [2.75, 3.05) is 0 Å². The van der Waals surface area contributed by atoms with Crippen LogP contribution in [0.15, 0.2) is 207 Å². The maximum absolute atomic E-state index is 6.79. The Morgan fingerprint density at radius 2 is 0.931 bits per heavy atom. The van der Waals surface area contributed by atoms with Gasteiger partial charge in [-0.25, -0.2) is 9.98 Å². The summed E-state index contributed by atoms with van der Waals surface area (Å²) in [5, 5.41) is 12.6. The molecule has 1 aliphatic rings. The number of hydrogen-bond donors (Lipinski definition) is 1. The number of benzene rings is 9. The Kier molecular flexibility index (Phi) is 7.23. The zero-order chi connectivity index (χ0) is 38.2. The minimum atomic E-state index is -0.353. The SMILES string of the molecule is c1ccc(C2N=C(c3cccc4oc5ccccc5c34)N=C(c3cccc4c(-c5ccc(-c6cccc7ccccc67)c6oc7ccccc7c56)cccc34)N2)cc1. The Hall–Kier alpha value is -7.76. The molecule has 2 aromatic heterocycles. The monoisotopic (exact) mass is 743 g/mol. The molecule has 0 radical (unpaired) electrons. The molecule has 1 N–H and O–H groups in total. The van der Waals surface area contributed by atoms with Crippen LogP contribution in [-0.4, -0.2) is 11.7 Å². The van der Waals surface area contributed by atoms with Crippen LogP contribution < -0.4 is 5.32 Å². The van der Waals surface area contributed by atoms with E-state index in [1.54, 1.807) is 0 Å². The molecule has 1 aliphatic heterocycles.